The molecule has 0 bridgehead atoms. The highest BCUT2D eigenvalue weighted by atomic mass is 16.3. The molecule has 3 aromatic rings. The number of piperidine rings is 1. The van der Waals surface area contributed by atoms with Crippen molar-refractivity contribution >= 4 is 11.4 Å². The van der Waals surface area contributed by atoms with Crippen LogP contribution in [0.2, 0.25) is 0 Å². The van der Waals surface area contributed by atoms with E-state index >= 15 is 0 Å². The molecule has 1 amide bonds. The van der Waals surface area contributed by atoms with Gasteiger partial charge in [0.15, 0.2) is 0 Å². The van der Waals surface area contributed by atoms with Gasteiger partial charge in [-0.1, -0.05) is 32.5 Å². The van der Waals surface area contributed by atoms with Crippen molar-refractivity contribution in [3.05, 3.63) is 71.5 Å². The summed E-state index contributed by atoms with van der Waals surface area (Å²) in [6.45, 7) is 3.63. The Morgan fingerprint density at radius 3 is 2.64 bits per heavy atom. The Labute approximate surface area is 200 Å². The highest BCUT2D eigenvalue weighted by molar-refractivity contribution is 5.94. The molecule has 2 fully saturated rings. The van der Waals surface area contributed by atoms with Crippen LogP contribution in [0.5, 0.6) is 0 Å². The lowest BCUT2D eigenvalue weighted by molar-refractivity contribution is 0.0546. The molecule has 3 heterocycles. The number of fused-ring (bicyclic) bond motifs is 1. The highest BCUT2D eigenvalue weighted by Gasteiger charge is 2.28. The number of rotatable bonds is 5. The third-order valence-electron chi connectivity index (χ3n) is 7.60. The van der Waals surface area contributed by atoms with E-state index in [0.29, 0.717) is 37.8 Å². The molecule has 1 aliphatic carbocycles. The Bertz CT molecular complexity index is 1080. The summed E-state index contributed by atoms with van der Waals surface area (Å²) in [5, 5.41) is 14.2. The van der Waals surface area contributed by atoms with E-state index in [1.807, 2.05) is 40.0 Å². The third-order valence-corrected chi connectivity index (χ3v) is 7.60. The molecule has 1 unspecified atom stereocenters. The van der Waals surface area contributed by atoms with Gasteiger partial charge in [-0.2, -0.15) is 5.10 Å². The number of hydrogen-bond donors (Lipinski definition) is 1. The minimum atomic E-state index is -0.257. The number of nitrogens with zero attached hydrogens (tertiary/aromatic N) is 3. The van der Waals surface area contributed by atoms with Gasteiger partial charge in [0.25, 0.3) is 5.91 Å². The summed E-state index contributed by atoms with van der Waals surface area (Å²) in [5.74, 6) is 1.91. The van der Waals surface area contributed by atoms with E-state index in [4.69, 9.17) is 0 Å². The van der Waals surface area contributed by atoms with E-state index in [1.54, 1.807) is 0 Å². The molecule has 5 heteroatoms. The van der Waals surface area contributed by atoms with Crippen LogP contribution in [0.4, 0.5) is 0 Å². The molecule has 5 rings (SSSR count). The zero-order chi connectivity index (χ0) is 22.1. The van der Waals surface area contributed by atoms with Crippen LogP contribution in [0.15, 0.2) is 54.9 Å². The molecule has 2 aliphatic rings. The highest BCUT2D eigenvalue weighted by Crippen LogP contribution is 2.42. The van der Waals surface area contributed by atoms with Crippen LogP contribution in [0, 0.1) is 5.92 Å². The largest absolute Gasteiger partial charge is 0.393 e. The molecule has 5 nitrogen and oxygen atoms in total. The number of carbonyl (C=O) groups excluding carboxylic acids is 1. The lowest BCUT2D eigenvalue weighted by Gasteiger charge is -2.29. The quantitative estimate of drug-likeness (QED) is 0.507. The van der Waals surface area contributed by atoms with Gasteiger partial charge in [0.2, 0.25) is 0 Å². The Hall–Kier alpha value is -2.66. The number of hydrogen-bond acceptors (Lipinski definition) is 3. The van der Waals surface area contributed by atoms with E-state index in [0.717, 1.165) is 11.5 Å². The fraction of sp³-hybridized carbons (Fsp3) is 0.500. The molecule has 1 aromatic carbocycles. The summed E-state index contributed by atoms with van der Waals surface area (Å²) in [5.41, 5.74) is 4.70. The molecule has 1 N–H and O–H groups in total. The number of amides is 1. The summed E-state index contributed by atoms with van der Waals surface area (Å²) in [4.78, 5) is 14.6. The summed E-state index contributed by atoms with van der Waals surface area (Å²) in [7, 11) is 0. The van der Waals surface area contributed by atoms with E-state index in [1.165, 1.54) is 42.3 Å². The van der Waals surface area contributed by atoms with Crippen LogP contribution in [-0.2, 0) is 0 Å². The standard InChI is InChI=1S/C27H33N3O2.CH4.2H2/c1-19(25-18-28-30-13-3-2-4-26(25)30)16-20-5-6-23(17-20)21-7-9-22(10-8-21)27(32)29-14-11-24(31)12-15-29;;;/h2-4,7-10,13,18-20,23-24,31H,5-6,11-12,14-17H2,1H3;1H4;2*1H/t19-,20?,23-;;;/m0.../s1. The topological polar surface area (TPSA) is 57.8 Å². The van der Waals surface area contributed by atoms with Crippen LogP contribution in [0.1, 0.15) is 89.0 Å². The van der Waals surface area contributed by atoms with E-state index in [2.05, 4.69) is 36.3 Å². The molecule has 3 atom stereocenters. The van der Waals surface area contributed by atoms with Crippen LogP contribution in [0.25, 0.3) is 5.52 Å². The minimum Gasteiger partial charge on any atom is -0.393 e. The fourth-order valence-corrected chi connectivity index (χ4v) is 5.70. The van der Waals surface area contributed by atoms with Crippen molar-refractivity contribution in [2.45, 2.75) is 70.8 Å². The van der Waals surface area contributed by atoms with Gasteiger partial charge in [0, 0.05) is 33.3 Å². The summed E-state index contributed by atoms with van der Waals surface area (Å²) < 4.78 is 1.97. The van der Waals surface area contributed by atoms with Crippen LogP contribution in [-0.4, -0.2) is 44.7 Å². The lowest BCUT2D eigenvalue weighted by atomic mass is 9.88. The number of pyridine rings is 1. The van der Waals surface area contributed by atoms with Crippen molar-refractivity contribution in [2.75, 3.05) is 13.1 Å². The molecular weight excluding hydrogens is 410 g/mol. The van der Waals surface area contributed by atoms with Crippen molar-refractivity contribution in [3.63, 3.8) is 0 Å². The van der Waals surface area contributed by atoms with E-state index in [-0.39, 0.29) is 22.3 Å². The molecule has 33 heavy (non-hydrogen) atoms. The van der Waals surface area contributed by atoms with Crippen molar-refractivity contribution in [1.29, 1.82) is 0 Å². The zero-order valence-corrected chi connectivity index (χ0v) is 18.9. The van der Waals surface area contributed by atoms with Gasteiger partial charge >= 0.3 is 0 Å². The SMILES string of the molecule is C.C[C@@H](CC1CC[C@H](c2ccc(C(=O)N3CCC(O)CC3)cc2)C1)c1cnn2ccccc12.[HH].[HH]. The van der Waals surface area contributed by atoms with Crippen molar-refractivity contribution in [3.8, 4) is 0 Å². The zero-order valence-electron chi connectivity index (χ0n) is 18.9. The van der Waals surface area contributed by atoms with Crippen molar-refractivity contribution < 1.29 is 12.8 Å². The first-order valence-electron chi connectivity index (χ1n) is 12.1. The normalized spacial score (nSPS) is 22.3. The smallest absolute Gasteiger partial charge is 0.253 e. The second-order valence-electron chi connectivity index (χ2n) is 9.79. The first kappa shape index (κ1) is 23.5. The molecule has 1 aliphatic heterocycles. The first-order chi connectivity index (χ1) is 15.6. The maximum Gasteiger partial charge on any atom is 0.253 e. The molecular formula is C28H41N3O2. The van der Waals surface area contributed by atoms with Gasteiger partial charge in [-0.15, -0.1) is 0 Å². The summed E-state index contributed by atoms with van der Waals surface area (Å²) in [6, 6.07) is 14.6. The van der Waals surface area contributed by atoms with Crippen LogP contribution in [0.3, 0.4) is 0 Å². The number of aromatic nitrogens is 2. The van der Waals surface area contributed by atoms with Gasteiger partial charge < -0.3 is 10.0 Å². The van der Waals surface area contributed by atoms with E-state index in [9.17, 15) is 9.90 Å². The van der Waals surface area contributed by atoms with Gasteiger partial charge in [0.05, 0.1) is 17.8 Å². The molecule has 0 radical (unpaired) electrons. The molecule has 1 saturated carbocycles. The Kier molecular flexibility index (Phi) is 7.18. The van der Waals surface area contributed by atoms with Gasteiger partial charge in [0.1, 0.15) is 0 Å². The second-order valence-corrected chi connectivity index (χ2v) is 9.79. The Balaban J connectivity index is 0.00000144. The maximum atomic E-state index is 12.8. The predicted octanol–water partition coefficient (Wildman–Crippen LogP) is 6.14. The molecule has 180 valence electrons. The van der Waals surface area contributed by atoms with Gasteiger partial charge in [-0.3, -0.25) is 4.79 Å². The van der Waals surface area contributed by atoms with Gasteiger partial charge in [-0.05, 0) is 86.1 Å². The van der Waals surface area contributed by atoms with E-state index < -0.39 is 0 Å². The number of benzene rings is 1. The second kappa shape index (κ2) is 10.1. The fourth-order valence-electron chi connectivity index (χ4n) is 5.70. The average molecular weight is 452 g/mol. The lowest BCUT2D eigenvalue weighted by Crippen LogP contribution is -2.40. The van der Waals surface area contributed by atoms with Crippen LogP contribution >= 0.6 is 0 Å². The van der Waals surface area contributed by atoms with Crippen molar-refractivity contribution in [1.82, 2.24) is 14.5 Å². The molecule has 2 aromatic heterocycles. The minimum absolute atomic E-state index is 0. The molecule has 0 spiro atoms. The van der Waals surface area contributed by atoms with Gasteiger partial charge in [-0.25, -0.2) is 4.52 Å². The summed E-state index contributed by atoms with van der Waals surface area (Å²) in [6.07, 6.45) is 10.1. The number of carbonyl (C=O) groups is 1. The summed E-state index contributed by atoms with van der Waals surface area (Å²) >= 11 is 0. The number of aliphatic hydroxyl groups is 1. The monoisotopic (exact) mass is 451 g/mol. The van der Waals surface area contributed by atoms with Crippen LogP contribution < -0.4 is 0 Å². The predicted molar refractivity (Wildman–Crippen MR) is 137 cm³/mol. The number of likely N-dealkylation sites (tertiary alicyclic amines) is 1. The third kappa shape index (κ3) is 4.98. The Morgan fingerprint density at radius 2 is 1.88 bits per heavy atom. The first-order valence-corrected chi connectivity index (χ1v) is 12.1. The number of aliphatic hydroxyl groups excluding tert-OH is 1. The van der Waals surface area contributed by atoms with Crippen molar-refractivity contribution in [2.24, 2.45) is 5.92 Å². The average Bonchev–Trinajstić information content (AvgIpc) is 3.46. The maximum absolute atomic E-state index is 12.8. The molecule has 1 saturated heterocycles. The Morgan fingerprint density at radius 1 is 1.12 bits per heavy atom.